The van der Waals surface area contributed by atoms with Crippen molar-refractivity contribution in [2.24, 2.45) is 0 Å². The number of amides is 2. The minimum Gasteiger partial charge on any atom is -0.467 e. The largest absolute Gasteiger partial charge is 0.467 e. The van der Waals surface area contributed by atoms with Crippen molar-refractivity contribution < 1.29 is 9.21 Å². The molecule has 0 aliphatic rings. The van der Waals surface area contributed by atoms with E-state index in [0.717, 1.165) is 0 Å². The van der Waals surface area contributed by atoms with Crippen molar-refractivity contribution >= 4 is 17.4 Å². The molecular formula is C13H15N3O2. The highest BCUT2D eigenvalue weighted by Gasteiger charge is 2.11. The molecule has 1 aromatic heterocycles. The number of anilines is 2. The number of nitrogen functional groups attached to an aromatic ring is 1. The van der Waals surface area contributed by atoms with Crippen molar-refractivity contribution in [3.8, 4) is 0 Å². The summed E-state index contributed by atoms with van der Waals surface area (Å²) in [6, 6.07) is 10.1. The van der Waals surface area contributed by atoms with Crippen LogP contribution in [0.3, 0.4) is 0 Å². The first-order valence-electron chi connectivity index (χ1n) is 5.61. The van der Waals surface area contributed by atoms with E-state index < -0.39 is 0 Å². The van der Waals surface area contributed by atoms with E-state index >= 15 is 0 Å². The molecule has 1 unspecified atom stereocenters. The molecule has 1 heterocycles. The Morgan fingerprint density at radius 2 is 2.00 bits per heavy atom. The minimum absolute atomic E-state index is 0.186. The highest BCUT2D eigenvalue weighted by atomic mass is 16.3. The van der Waals surface area contributed by atoms with Gasteiger partial charge in [0, 0.05) is 11.4 Å². The zero-order chi connectivity index (χ0) is 13.0. The van der Waals surface area contributed by atoms with E-state index in [2.05, 4.69) is 10.6 Å². The average molecular weight is 245 g/mol. The number of carbonyl (C=O) groups excluding carboxylic acids is 1. The molecule has 2 aromatic rings. The summed E-state index contributed by atoms with van der Waals surface area (Å²) in [5, 5.41) is 5.49. The number of hydrogen-bond acceptors (Lipinski definition) is 3. The third-order valence-corrected chi connectivity index (χ3v) is 2.49. The molecule has 1 aromatic carbocycles. The lowest BCUT2D eigenvalue weighted by Crippen LogP contribution is -2.30. The zero-order valence-electron chi connectivity index (χ0n) is 10.0. The quantitative estimate of drug-likeness (QED) is 0.727. The SMILES string of the molecule is CC(NC(=O)Nc1ccc(N)cc1)c1ccco1. The summed E-state index contributed by atoms with van der Waals surface area (Å²) < 4.78 is 5.20. The molecule has 0 spiro atoms. The molecule has 5 nitrogen and oxygen atoms in total. The van der Waals surface area contributed by atoms with E-state index in [9.17, 15) is 4.79 Å². The fourth-order valence-corrected chi connectivity index (χ4v) is 1.54. The number of hydrogen-bond donors (Lipinski definition) is 3. The highest BCUT2D eigenvalue weighted by Crippen LogP contribution is 2.13. The molecule has 0 aliphatic heterocycles. The van der Waals surface area contributed by atoms with Crippen LogP contribution in [0.4, 0.5) is 16.2 Å². The van der Waals surface area contributed by atoms with E-state index in [4.69, 9.17) is 10.2 Å². The Hall–Kier alpha value is -2.43. The Kier molecular flexibility index (Phi) is 3.52. The van der Waals surface area contributed by atoms with Gasteiger partial charge in [0.15, 0.2) is 0 Å². The summed E-state index contributed by atoms with van der Waals surface area (Å²) in [6.45, 7) is 1.85. The predicted octanol–water partition coefficient (Wildman–Crippen LogP) is 2.74. The Morgan fingerprint density at radius 1 is 1.28 bits per heavy atom. The summed E-state index contributed by atoms with van der Waals surface area (Å²) in [7, 11) is 0. The molecule has 0 aliphatic carbocycles. The lowest BCUT2D eigenvalue weighted by Gasteiger charge is -2.12. The number of rotatable bonds is 3. The molecule has 0 saturated carbocycles. The van der Waals surface area contributed by atoms with Gasteiger partial charge in [-0.1, -0.05) is 0 Å². The van der Waals surface area contributed by atoms with Gasteiger partial charge in [-0.05, 0) is 43.3 Å². The van der Waals surface area contributed by atoms with E-state index in [1.165, 1.54) is 0 Å². The van der Waals surface area contributed by atoms with E-state index in [1.807, 2.05) is 13.0 Å². The van der Waals surface area contributed by atoms with Crippen LogP contribution in [0, 0.1) is 0 Å². The van der Waals surface area contributed by atoms with Crippen LogP contribution in [0.25, 0.3) is 0 Å². The van der Waals surface area contributed by atoms with Crippen molar-refractivity contribution in [1.82, 2.24) is 5.32 Å². The number of urea groups is 1. The molecule has 2 rings (SSSR count). The van der Waals surface area contributed by atoms with Crippen LogP contribution in [0.5, 0.6) is 0 Å². The molecular weight excluding hydrogens is 230 g/mol. The number of nitrogens with one attached hydrogen (secondary N) is 2. The number of carbonyl (C=O) groups is 1. The molecule has 18 heavy (non-hydrogen) atoms. The molecule has 2 amide bonds. The third kappa shape index (κ3) is 3.04. The second-order valence-electron chi connectivity index (χ2n) is 3.96. The van der Waals surface area contributed by atoms with Crippen molar-refractivity contribution in [2.75, 3.05) is 11.1 Å². The van der Waals surface area contributed by atoms with Crippen LogP contribution in [-0.2, 0) is 0 Å². The fourth-order valence-electron chi connectivity index (χ4n) is 1.54. The van der Waals surface area contributed by atoms with Crippen LogP contribution < -0.4 is 16.4 Å². The van der Waals surface area contributed by atoms with Gasteiger partial charge in [-0.15, -0.1) is 0 Å². The monoisotopic (exact) mass is 245 g/mol. The van der Waals surface area contributed by atoms with Crippen LogP contribution in [0.1, 0.15) is 18.7 Å². The van der Waals surface area contributed by atoms with Crippen molar-refractivity contribution in [3.05, 3.63) is 48.4 Å². The van der Waals surface area contributed by atoms with Crippen LogP contribution in [-0.4, -0.2) is 6.03 Å². The smallest absolute Gasteiger partial charge is 0.319 e. The lowest BCUT2D eigenvalue weighted by atomic mass is 10.2. The summed E-state index contributed by atoms with van der Waals surface area (Å²) in [5.74, 6) is 0.711. The maximum Gasteiger partial charge on any atom is 0.319 e. The third-order valence-electron chi connectivity index (χ3n) is 2.49. The van der Waals surface area contributed by atoms with Gasteiger partial charge in [0.05, 0.1) is 12.3 Å². The Bertz CT molecular complexity index is 506. The van der Waals surface area contributed by atoms with Crippen molar-refractivity contribution in [1.29, 1.82) is 0 Å². The van der Waals surface area contributed by atoms with E-state index in [0.29, 0.717) is 17.1 Å². The molecule has 0 saturated heterocycles. The summed E-state index contributed by atoms with van der Waals surface area (Å²) >= 11 is 0. The number of furan rings is 1. The van der Waals surface area contributed by atoms with Gasteiger partial charge in [-0.25, -0.2) is 4.79 Å². The first kappa shape index (κ1) is 12.0. The van der Waals surface area contributed by atoms with Crippen LogP contribution >= 0.6 is 0 Å². The maximum atomic E-state index is 11.7. The van der Waals surface area contributed by atoms with Gasteiger partial charge in [0.25, 0.3) is 0 Å². The summed E-state index contributed by atoms with van der Waals surface area (Å²) in [5.41, 5.74) is 6.91. The fraction of sp³-hybridized carbons (Fsp3) is 0.154. The standard InChI is InChI=1S/C13H15N3O2/c1-9(12-3-2-8-18-12)15-13(17)16-11-6-4-10(14)5-7-11/h2-9H,14H2,1H3,(H2,15,16,17). The molecule has 0 fully saturated rings. The van der Waals surface area contributed by atoms with Gasteiger partial charge in [0.1, 0.15) is 5.76 Å². The first-order valence-corrected chi connectivity index (χ1v) is 5.61. The lowest BCUT2D eigenvalue weighted by molar-refractivity contribution is 0.247. The van der Waals surface area contributed by atoms with Gasteiger partial charge in [0.2, 0.25) is 0 Å². The summed E-state index contributed by atoms with van der Waals surface area (Å²) in [4.78, 5) is 11.7. The Morgan fingerprint density at radius 3 is 2.61 bits per heavy atom. The van der Waals surface area contributed by atoms with E-state index in [1.54, 1.807) is 36.6 Å². The average Bonchev–Trinajstić information content (AvgIpc) is 2.85. The Balaban J connectivity index is 1.91. The molecule has 94 valence electrons. The first-order chi connectivity index (χ1) is 8.65. The number of nitrogens with two attached hydrogens (primary N) is 1. The van der Waals surface area contributed by atoms with Crippen LogP contribution in [0.2, 0.25) is 0 Å². The van der Waals surface area contributed by atoms with Crippen LogP contribution in [0.15, 0.2) is 47.1 Å². The second-order valence-corrected chi connectivity index (χ2v) is 3.96. The van der Waals surface area contributed by atoms with Crippen molar-refractivity contribution in [2.45, 2.75) is 13.0 Å². The van der Waals surface area contributed by atoms with Crippen molar-refractivity contribution in [3.63, 3.8) is 0 Å². The topological polar surface area (TPSA) is 80.3 Å². The normalized spacial score (nSPS) is 11.8. The van der Waals surface area contributed by atoms with Gasteiger partial charge >= 0.3 is 6.03 Å². The molecule has 5 heteroatoms. The second kappa shape index (κ2) is 5.27. The molecule has 4 N–H and O–H groups in total. The molecule has 0 bridgehead atoms. The predicted molar refractivity (Wildman–Crippen MR) is 70.1 cm³/mol. The molecule has 1 atom stereocenters. The highest BCUT2D eigenvalue weighted by molar-refractivity contribution is 5.89. The zero-order valence-corrected chi connectivity index (χ0v) is 10.0. The van der Waals surface area contributed by atoms with Gasteiger partial charge in [-0.3, -0.25) is 0 Å². The van der Waals surface area contributed by atoms with Gasteiger partial charge < -0.3 is 20.8 Å². The molecule has 0 radical (unpaired) electrons. The minimum atomic E-state index is -0.288. The summed E-state index contributed by atoms with van der Waals surface area (Å²) in [6.07, 6.45) is 1.57. The van der Waals surface area contributed by atoms with Gasteiger partial charge in [-0.2, -0.15) is 0 Å². The van der Waals surface area contributed by atoms with E-state index in [-0.39, 0.29) is 12.1 Å². The Labute approximate surface area is 105 Å². The maximum absolute atomic E-state index is 11.7. The number of benzene rings is 1.